The minimum atomic E-state index is 0.216. The first-order valence-corrected chi connectivity index (χ1v) is 3.86. The molecule has 0 aromatic rings. The molecule has 0 aliphatic carbocycles. The molecule has 3 nitrogen and oxygen atoms in total. The molecule has 0 saturated carbocycles. The van der Waals surface area contributed by atoms with Gasteiger partial charge in [0.25, 0.3) is 0 Å². The molecule has 0 fully saturated rings. The van der Waals surface area contributed by atoms with E-state index in [0.717, 1.165) is 26.0 Å². The molecule has 0 aromatic heterocycles. The van der Waals surface area contributed by atoms with Crippen LogP contribution in [0.15, 0.2) is 0 Å². The second-order valence-electron chi connectivity index (χ2n) is 2.24. The first kappa shape index (κ1) is 9.88. The fourth-order valence-electron chi connectivity index (χ4n) is 0.850. The van der Waals surface area contributed by atoms with Crippen molar-refractivity contribution in [2.75, 3.05) is 19.7 Å². The van der Waals surface area contributed by atoms with Gasteiger partial charge in [-0.2, -0.15) is 0 Å². The molecule has 1 unspecified atom stereocenters. The predicted octanol–water partition coefficient (Wildman–Crippen LogP) is 0.0891. The van der Waals surface area contributed by atoms with Crippen molar-refractivity contribution in [1.82, 2.24) is 0 Å². The van der Waals surface area contributed by atoms with Gasteiger partial charge >= 0.3 is 0 Å². The number of hydrogen-bond acceptors (Lipinski definition) is 3. The quantitative estimate of drug-likeness (QED) is 0.558. The Bertz CT molecular complexity index is 68.6. The molecule has 1 atom stereocenters. The Kier molecular flexibility index (Phi) is 6.91. The van der Waals surface area contributed by atoms with E-state index in [-0.39, 0.29) is 6.10 Å². The van der Waals surface area contributed by atoms with Crippen LogP contribution in [0, 0.1) is 0 Å². The zero-order chi connectivity index (χ0) is 7.82. The molecule has 3 heteroatoms. The van der Waals surface area contributed by atoms with Crippen LogP contribution in [-0.4, -0.2) is 25.8 Å². The molecule has 0 aromatic carbocycles. The van der Waals surface area contributed by atoms with Crippen molar-refractivity contribution in [3.8, 4) is 0 Å². The zero-order valence-electron chi connectivity index (χ0n) is 6.68. The molecular formula is C7H18N2O. The number of ether oxygens (including phenoxy) is 1. The molecule has 0 saturated heterocycles. The largest absolute Gasteiger partial charge is 0.377 e. The molecule has 4 N–H and O–H groups in total. The van der Waals surface area contributed by atoms with Crippen LogP contribution in [-0.2, 0) is 4.74 Å². The van der Waals surface area contributed by atoms with Gasteiger partial charge in [-0.15, -0.1) is 0 Å². The Morgan fingerprint density at radius 3 is 2.50 bits per heavy atom. The second-order valence-corrected chi connectivity index (χ2v) is 2.24. The van der Waals surface area contributed by atoms with Gasteiger partial charge in [0, 0.05) is 13.2 Å². The van der Waals surface area contributed by atoms with Gasteiger partial charge in [0.1, 0.15) is 0 Å². The summed E-state index contributed by atoms with van der Waals surface area (Å²) in [6.45, 7) is 4.05. The lowest BCUT2D eigenvalue weighted by molar-refractivity contribution is 0.0621. The highest BCUT2D eigenvalue weighted by Gasteiger charge is 2.03. The van der Waals surface area contributed by atoms with Crippen molar-refractivity contribution in [1.29, 1.82) is 0 Å². The van der Waals surface area contributed by atoms with Gasteiger partial charge in [-0.05, 0) is 26.3 Å². The lowest BCUT2D eigenvalue weighted by Gasteiger charge is -2.13. The predicted molar refractivity (Wildman–Crippen MR) is 42.8 cm³/mol. The minimum absolute atomic E-state index is 0.216. The van der Waals surface area contributed by atoms with Gasteiger partial charge in [-0.25, -0.2) is 0 Å². The fraction of sp³-hybridized carbons (Fsp3) is 1.00. The number of rotatable bonds is 6. The first-order chi connectivity index (χ1) is 4.85. The van der Waals surface area contributed by atoms with Crippen LogP contribution in [0.2, 0.25) is 0 Å². The van der Waals surface area contributed by atoms with Gasteiger partial charge in [0.05, 0.1) is 6.10 Å². The molecule has 62 valence electrons. The average molecular weight is 146 g/mol. The van der Waals surface area contributed by atoms with Gasteiger partial charge in [0.15, 0.2) is 0 Å². The standard InChI is InChI=1S/C7H18N2O/c1-2-10-7(6-9)4-3-5-8/h7H,2-6,8-9H2,1H3. The van der Waals surface area contributed by atoms with Crippen molar-refractivity contribution >= 4 is 0 Å². The molecule has 0 rings (SSSR count). The highest BCUT2D eigenvalue weighted by atomic mass is 16.5. The summed E-state index contributed by atoms with van der Waals surface area (Å²) in [7, 11) is 0. The SMILES string of the molecule is CCOC(CN)CCCN. The van der Waals surface area contributed by atoms with Crippen molar-refractivity contribution in [2.24, 2.45) is 11.5 Å². The van der Waals surface area contributed by atoms with Crippen LogP contribution in [0.5, 0.6) is 0 Å². The molecule has 10 heavy (non-hydrogen) atoms. The summed E-state index contributed by atoms with van der Waals surface area (Å²) in [5.74, 6) is 0. The molecular weight excluding hydrogens is 128 g/mol. The maximum Gasteiger partial charge on any atom is 0.0697 e. The van der Waals surface area contributed by atoms with Crippen LogP contribution < -0.4 is 11.5 Å². The van der Waals surface area contributed by atoms with E-state index < -0.39 is 0 Å². The minimum Gasteiger partial charge on any atom is -0.377 e. The molecule has 0 aliphatic rings. The Hall–Kier alpha value is -0.120. The summed E-state index contributed by atoms with van der Waals surface area (Å²) in [4.78, 5) is 0. The third-order valence-electron chi connectivity index (χ3n) is 1.40. The van der Waals surface area contributed by atoms with E-state index >= 15 is 0 Å². The Balaban J connectivity index is 3.21. The zero-order valence-corrected chi connectivity index (χ0v) is 6.68. The van der Waals surface area contributed by atoms with Crippen molar-refractivity contribution < 1.29 is 4.74 Å². The van der Waals surface area contributed by atoms with Gasteiger partial charge < -0.3 is 16.2 Å². The van der Waals surface area contributed by atoms with E-state index in [9.17, 15) is 0 Å². The summed E-state index contributed by atoms with van der Waals surface area (Å²) >= 11 is 0. The van der Waals surface area contributed by atoms with Crippen molar-refractivity contribution in [2.45, 2.75) is 25.9 Å². The lowest BCUT2D eigenvalue weighted by Crippen LogP contribution is -2.24. The van der Waals surface area contributed by atoms with Gasteiger partial charge in [0.2, 0.25) is 0 Å². The summed E-state index contributed by atoms with van der Waals surface area (Å²) in [5, 5.41) is 0. The monoisotopic (exact) mass is 146 g/mol. The van der Waals surface area contributed by atoms with E-state index in [0.29, 0.717) is 6.54 Å². The van der Waals surface area contributed by atoms with Crippen molar-refractivity contribution in [3.63, 3.8) is 0 Å². The number of nitrogens with two attached hydrogens (primary N) is 2. The highest BCUT2D eigenvalue weighted by molar-refractivity contribution is 4.58. The average Bonchev–Trinajstić information content (AvgIpc) is 1.98. The first-order valence-electron chi connectivity index (χ1n) is 3.86. The maximum absolute atomic E-state index is 5.43. The smallest absolute Gasteiger partial charge is 0.0697 e. The van der Waals surface area contributed by atoms with Crippen molar-refractivity contribution in [3.05, 3.63) is 0 Å². The van der Waals surface area contributed by atoms with Crippen LogP contribution in [0.3, 0.4) is 0 Å². The number of hydrogen-bond donors (Lipinski definition) is 2. The van der Waals surface area contributed by atoms with E-state index in [1.807, 2.05) is 6.92 Å². The Labute approximate surface area is 62.7 Å². The summed E-state index contributed by atoms with van der Waals surface area (Å²) < 4.78 is 5.31. The molecule has 0 bridgehead atoms. The Morgan fingerprint density at radius 1 is 1.40 bits per heavy atom. The van der Waals surface area contributed by atoms with Crippen LogP contribution in [0.25, 0.3) is 0 Å². The highest BCUT2D eigenvalue weighted by Crippen LogP contribution is 1.98. The van der Waals surface area contributed by atoms with Crippen LogP contribution in [0.1, 0.15) is 19.8 Å². The van der Waals surface area contributed by atoms with E-state index in [1.165, 1.54) is 0 Å². The maximum atomic E-state index is 5.43. The third-order valence-corrected chi connectivity index (χ3v) is 1.40. The third kappa shape index (κ3) is 4.73. The van der Waals surface area contributed by atoms with E-state index in [1.54, 1.807) is 0 Å². The van der Waals surface area contributed by atoms with Crippen LogP contribution in [0.4, 0.5) is 0 Å². The normalized spacial score (nSPS) is 13.5. The van der Waals surface area contributed by atoms with E-state index in [4.69, 9.17) is 16.2 Å². The fourth-order valence-corrected chi connectivity index (χ4v) is 0.850. The van der Waals surface area contributed by atoms with E-state index in [2.05, 4.69) is 0 Å². The lowest BCUT2D eigenvalue weighted by atomic mass is 10.2. The second kappa shape index (κ2) is 6.99. The molecule has 0 aliphatic heterocycles. The topological polar surface area (TPSA) is 61.3 Å². The molecule has 0 heterocycles. The molecule has 0 amide bonds. The molecule has 0 radical (unpaired) electrons. The van der Waals surface area contributed by atoms with Gasteiger partial charge in [-0.3, -0.25) is 0 Å². The summed E-state index contributed by atoms with van der Waals surface area (Å²) in [6, 6.07) is 0. The molecule has 0 spiro atoms. The summed E-state index contributed by atoms with van der Waals surface area (Å²) in [5.41, 5.74) is 10.8. The van der Waals surface area contributed by atoms with Gasteiger partial charge in [-0.1, -0.05) is 0 Å². The Morgan fingerprint density at radius 2 is 2.10 bits per heavy atom. The summed E-state index contributed by atoms with van der Waals surface area (Å²) in [6.07, 6.45) is 2.21. The van der Waals surface area contributed by atoms with Crippen LogP contribution >= 0.6 is 0 Å².